The van der Waals surface area contributed by atoms with E-state index in [1.54, 1.807) is 18.7 Å². The van der Waals surface area contributed by atoms with E-state index < -0.39 is 11.4 Å². The first-order valence-electron chi connectivity index (χ1n) is 6.06. The summed E-state index contributed by atoms with van der Waals surface area (Å²) in [6.45, 7) is 4.15. The van der Waals surface area contributed by atoms with Crippen molar-refractivity contribution in [1.82, 2.24) is 10.2 Å². The molecule has 1 aliphatic rings. The van der Waals surface area contributed by atoms with Crippen LogP contribution in [0.5, 0.6) is 0 Å². The van der Waals surface area contributed by atoms with Crippen LogP contribution >= 0.6 is 0 Å². The fraction of sp³-hybridized carbons (Fsp3) is 0.692. The van der Waals surface area contributed by atoms with E-state index in [2.05, 4.69) is 11.2 Å². The summed E-state index contributed by atoms with van der Waals surface area (Å²) in [5, 5.41) is 11.6. The zero-order valence-corrected chi connectivity index (χ0v) is 10.9. The van der Waals surface area contributed by atoms with Gasteiger partial charge in [0.25, 0.3) is 0 Å². The SMILES string of the molecule is C#CCN(CC1CC1)C(=O)NCC(C)(C)C(=O)O. The Kier molecular flexibility index (Phi) is 4.60. The largest absolute Gasteiger partial charge is 0.481 e. The van der Waals surface area contributed by atoms with E-state index in [0.29, 0.717) is 12.5 Å². The third-order valence-electron chi connectivity index (χ3n) is 3.01. The summed E-state index contributed by atoms with van der Waals surface area (Å²) in [6, 6.07) is -0.283. The summed E-state index contributed by atoms with van der Waals surface area (Å²) in [5.41, 5.74) is -0.975. The van der Waals surface area contributed by atoms with Gasteiger partial charge in [-0.15, -0.1) is 6.42 Å². The second kappa shape index (κ2) is 5.76. The minimum Gasteiger partial charge on any atom is -0.481 e. The standard InChI is InChI=1S/C13H20N2O3/c1-4-7-15(8-10-5-6-10)12(18)14-9-13(2,3)11(16)17/h1,10H,5-9H2,2-3H3,(H,14,18)(H,16,17). The van der Waals surface area contributed by atoms with Gasteiger partial charge in [-0.05, 0) is 32.6 Å². The number of carboxylic acids is 1. The van der Waals surface area contributed by atoms with Gasteiger partial charge in [0, 0.05) is 13.1 Å². The Bertz CT molecular complexity index is 367. The number of carboxylic acid groups (broad SMARTS) is 1. The maximum atomic E-state index is 11.9. The molecule has 2 N–H and O–H groups in total. The van der Waals surface area contributed by atoms with Crippen molar-refractivity contribution in [2.75, 3.05) is 19.6 Å². The quantitative estimate of drug-likeness (QED) is 0.697. The lowest BCUT2D eigenvalue weighted by atomic mass is 9.94. The predicted octanol–water partition coefficient (Wildman–Crippen LogP) is 1.15. The number of carbonyl (C=O) groups excluding carboxylic acids is 1. The summed E-state index contributed by atoms with van der Waals surface area (Å²) in [7, 11) is 0. The van der Waals surface area contributed by atoms with Crippen LogP contribution in [0.15, 0.2) is 0 Å². The molecule has 18 heavy (non-hydrogen) atoms. The maximum absolute atomic E-state index is 11.9. The van der Waals surface area contributed by atoms with E-state index in [9.17, 15) is 9.59 Å². The lowest BCUT2D eigenvalue weighted by Crippen LogP contribution is -2.46. The molecule has 0 spiro atoms. The monoisotopic (exact) mass is 252 g/mol. The molecule has 0 aliphatic heterocycles. The van der Waals surface area contributed by atoms with Crippen LogP contribution in [-0.4, -0.2) is 41.6 Å². The number of rotatable bonds is 6. The van der Waals surface area contributed by atoms with Crippen LogP contribution in [0.3, 0.4) is 0 Å². The second-order valence-corrected chi connectivity index (χ2v) is 5.38. The van der Waals surface area contributed by atoms with Crippen LogP contribution in [0.2, 0.25) is 0 Å². The lowest BCUT2D eigenvalue weighted by molar-refractivity contribution is -0.146. The molecule has 0 radical (unpaired) electrons. The van der Waals surface area contributed by atoms with Gasteiger partial charge in [-0.2, -0.15) is 0 Å². The van der Waals surface area contributed by atoms with Crippen LogP contribution < -0.4 is 5.32 Å². The van der Waals surface area contributed by atoms with Crippen LogP contribution in [0, 0.1) is 23.7 Å². The van der Waals surface area contributed by atoms with Crippen LogP contribution in [0.1, 0.15) is 26.7 Å². The molecule has 1 rings (SSSR count). The van der Waals surface area contributed by atoms with Gasteiger partial charge in [0.2, 0.25) is 0 Å². The number of carbonyl (C=O) groups is 2. The first-order chi connectivity index (χ1) is 8.36. The molecule has 0 heterocycles. The minimum absolute atomic E-state index is 0.0902. The molecule has 0 aromatic rings. The predicted molar refractivity (Wildman–Crippen MR) is 67.9 cm³/mol. The zero-order chi connectivity index (χ0) is 13.8. The zero-order valence-electron chi connectivity index (χ0n) is 10.9. The number of hydrogen-bond donors (Lipinski definition) is 2. The summed E-state index contributed by atoms with van der Waals surface area (Å²) in [6.07, 6.45) is 7.50. The molecule has 1 saturated carbocycles. The molecular formula is C13H20N2O3. The van der Waals surface area contributed by atoms with E-state index in [1.807, 2.05) is 0 Å². The number of nitrogens with zero attached hydrogens (tertiary/aromatic N) is 1. The third-order valence-corrected chi connectivity index (χ3v) is 3.01. The van der Waals surface area contributed by atoms with Crippen LogP contribution in [-0.2, 0) is 4.79 Å². The molecule has 5 heteroatoms. The summed E-state index contributed by atoms with van der Waals surface area (Å²) < 4.78 is 0. The Morgan fingerprint density at radius 3 is 2.56 bits per heavy atom. The van der Waals surface area contributed by atoms with E-state index in [1.165, 1.54) is 0 Å². The van der Waals surface area contributed by atoms with Gasteiger partial charge in [-0.3, -0.25) is 4.79 Å². The van der Waals surface area contributed by atoms with Crippen molar-refractivity contribution in [1.29, 1.82) is 0 Å². The van der Waals surface area contributed by atoms with Crippen molar-refractivity contribution in [3.05, 3.63) is 0 Å². The number of terminal acetylenes is 1. The fourth-order valence-corrected chi connectivity index (χ4v) is 1.43. The Morgan fingerprint density at radius 1 is 1.50 bits per heavy atom. The van der Waals surface area contributed by atoms with Crippen molar-refractivity contribution in [2.24, 2.45) is 11.3 Å². The van der Waals surface area contributed by atoms with E-state index in [-0.39, 0.29) is 19.1 Å². The van der Waals surface area contributed by atoms with Gasteiger partial charge in [0.1, 0.15) is 0 Å². The van der Waals surface area contributed by atoms with E-state index in [4.69, 9.17) is 11.5 Å². The first kappa shape index (κ1) is 14.4. The van der Waals surface area contributed by atoms with Crippen molar-refractivity contribution in [2.45, 2.75) is 26.7 Å². The molecular weight excluding hydrogens is 232 g/mol. The number of nitrogens with one attached hydrogen (secondary N) is 1. The highest BCUT2D eigenvalue weighted by Gasteiger charge is 2.30. The Morgan fingerprint density at radius 2 is 2.11 bits per heavy atom. The minimum atomic E-state index is -0.975. The highest BCUT2D eigenvalue weighted by molar-refractivity contribution is 5.77. The first-order valence-corrected chi connectivity index (χ1v) is 6.06. The Labute approximate surface area is 108 Å². The molecule has 0 unspecified atom stereocenters. The van der Waals surface area contributed by atoms with Gasteiger partial charge < -0.3 is 15.3 Å². The molecule has 0 aromatic carbocycles. The molecule has 0 aromatic heterocycles. The van der Waals surface area contributed by atoms with Gasteiger partial charge in [-0.25, -0.2) is 4.79 Å². The average molecular weight is 252 g/mol. The van der Waals surface area contributed by atoms with E-state index in [0.717, 1.165) is 12.8 Å². The molecule has 5 nitrogen and oxygen atoms in total. The number of hydrogen-bond acceptors (Lipinski definition) is 2. The smallest absolute Gasteiger partial charge is 0.318 e. The van der Waals surface area contributed by atoms with Gasteiger partial charge >= 0.3 is 12.0 Å². The third kappa shape index (κ3) is 4.28. The highest BCUT2D eigenvalue weighted by Crippen LogP contribution is 2.29. The fourth-order valence-electron chi connectivity index (χ4n) is 1.43. The van der Waals surface area contributed by atoms with Gasteiger partial charge in [-0.1, -0.05) is 5.92 Å². The molecule has 0 atom stereocenters. The molecule has 1 aliphatic carbocycles. The van der Waals surface area contributed by atoms with Crippen molar-refractivity contribution in [3.63, 3.8) is 0 Å². The Hall–Kier alpha value is -1.70. The topological polar surface area (TPSA) is 69.6 Å². The van der Waals surface area contributed by atoms with Crippen molar-refractivity contribution >= 4 is 12.0 Å². The van der Waals surface area contributed by atoms with E-state index >= 15 is 0 Å². The normalized spacial score (nSPS) is 14.7. The second-order valence-electron chi connectivity index (χ2n) is 5.38. The molecule has 0 saturated heterocycles. The Balaban J connectivity index is 2.45. The highest BCUT2D eigenvalue weighted by atomic mass is 16.4. The maximum Gasteiger partial charge on any atom is 0.318 e. The number of aliphatic carboxylic acids is 1. The molecule has 1 fully saturated rings. The molecule has 2 amide bonds. The lowest BCUT2D eigenvalue weighted by Gasteiger charge is -2.24. The molecule has 0 bridgehead atoms. The van der Waals surface area contributed by atoms with Crippen LogP contribution in [0.4, 0.5) is 4.79 Å². The summed E-state index contributed by atoms with van der Waals surface area (Å²) >= 11 is 0. The molecule has 100 valence electrons. The number of urea groups is 1. The van der Waals surface area contributed by atoms with Gasteiger partial charge in [0.05, 0.1) is 12.0 Å². The average Bonchev–Trinajstić information content (AvgIpc) is 3.09. The van der Waals surface area contributed by atoms with Crippen molar-refractivity contribution in [3.8, 4) is 12.3 Å². The number of amides is 2. The van der Waals surface area contributed by atoms with Crippen LogP contribution in [0.25, 0.3) is 0 Å². The van der Waals surface area contributed by atoms with Gasteiger partial charge in [0.15, 0.2) is 0 Å². The summed E-state index contributed by atoms with van der Waals surface area (Å²) in [4.78, 5) is 24.4. The summed E-state index contributed by atoms with van der Waals surface area (Å²) in [5.74, 6) is 2.07. The van der Waals surface area contributed by atoms with Crippen molar-refractivity contribution < 1.29 is 14.7 Å².